The van der Waals surface area contributed by atoms with Gasteiger partial charge in [0.25, 0.3) is 11.6 Å². The van der Waals surface area contributed by atoms with Crippen molar-refractivity contribution in [1.29, 1.82) is 0 Å². The number of halogens is 1. The van der Waals surface area contributed by atoms with Crippen LogP contribution in [0, 0.1) is 16.0 Å². The van der Waals surface area contributed by atoms with Crippen molar-refractivity contribution >= 4 is 23.2 Å². The van der Waals surface area contributed by atoms with Crippen molar-refractivity contribution in [2.75, 3.05) is 13.6 Å². The van der Waals surface area contributed by atoms with Crippen LogP contribution in [0.25, 0.3) is 0 Å². The van der Waals surface area contributed by atoms with Crippen molar-refractivity contribution in [2.24, 2.45) is 5.92 Å². The van der Waals surface area contributed by atoms with Gasteiger partial charge in [0.2, 0.25) is 0 Å². The fourth-order valence-electron chi connectivity index (χ4n) is 1.68. The molecular weight excluding hydrogens is 268 g/mol. The second kappa shape index (κ2) is 6.52. The maximum Gasteiger partial charge on any atom is 0.270 e. The van der Waals surface area contributed by atoms with E-state index in [1.54, 1.807) is 11.9 Å². The smallest absolute Gasteiger partial charge is 0.270 e. The molecule has 0 aliphatic carbocycles. The molecule has 5 nitrogen and oxygen atoms in total. The van der Waals surface area contributed by atoms with Crippen molar-refractivity contribution in [2.45, 2.75) is 20.3 Å². The van der Waals surface area contributed by atoms with Crippen LogP contribution in [0.3, 0.4) is 0 Å². The quantitative estimate of drug-likeness (QED) is 0.615. The van der Waals surface area contributed by atoms with Crippen LogP contribution >= 0.6 is 11.6 Å². The second-order valence-electron chi connectivity index (χ2n) is 4.62. The molecule has 1 atom stereocenters. The summed E-state index contributed by atoms with van der Waals surface area (Å²) in [6, 6.07) is 3.89. The minimum atomic E-state index is -0.539. The molecule has 0 N–H and O–H groups in total. The number of nitro groups is 1. The molecule has 0 aliphatic rings. The molecule has 1 rings (SSSR count). The van der Waals surface area contributed by atoms with Crippen LogP contribution in [0.4, 0.5) is 5.69 Å². The Hall–Kier alpha value is -1.62. The lowest BCUT2D eigenvalue weighted by atomic mass is 10.1. The summed E-state index contributed by atoms with van der Waals surface area (Å²) >= 11 is 5.93. The van der Waals surface area contributed by atoms with E-state index in [-0.39, 0.29) is 22.2 Å². The van der Waals surface area contributed by atoms with Gasteiger partial charge in [-0.25, -0.2) is 0 Å². The summed E-state index contributed by atoms with van der Waals surface area (Å²) < 4.78 is 0. The van der Waals surface area contributed by atoms with Gasteiger partial charge >= 0.3 is 0 Å². The number of carbonyl (C=O) groups is 1. The van der Waals surface area contributed by atoms with E-state index in [4.69, 9.17) is 11.6 Å². The van der Waals surface area contributed by atoms with E-state index in [0.717, 1.165) is 6.42 Å². The lowest BCUT2D eigenvalue weighted by molar-refractivity contribution is -0.384. The first kappa shape index (κ1) is 15.4. The number of amides is 1. The molecule has 1 unspecified atom stereocenters. The Morgan fingerprint density at radius 1 is 1.53 bits per heavy atom. The predicted octanol–water partition coefficient (Wildman–Crippen LogP) is 3.37. The van der Waals surface area contributed by atoms with E-state index in [9.17, 15) is 14.9 Å². The lowest BCUT2D eigenvalue weighted by Crippen LogP contribution is -2.31. The molecule has 0 fully saturated rings. The summed E-state index contributed by atoms with van der Waals surface area (Å²) in [5.74, 6) is 0.172. The Labute approximate surface area is 117 Å². The van der Waals surface area contributed by atoms with Crippen molar-refractivity contribution in [3.05, 3.63) is 38.9 Å². The van der Waals surface area contributed by atoms with Gasteiger partial charge < -0.3 is 4.90 Å². The molecule has 0 heterocycles. The third-order valence-corrected chi connectivity index (χ3v) is 3.34. The largest absolute Gasteiger partial charge is 0.341 e. The van der Waals surface area contributed by atoms with Crippen LogP contribution < -0.4 is 0 Å². The van der Waals surface area contributed by atoms with E-state index in [2.05, 4.69) is 13.8 Å². The minimum absolute atomic E-state index is 0.107. The Morgan fingerprint density at radius 2 is 2.16 bits per heavy atom. The number of hydrogen-bond acceptors (Lipinski definition) is 3. The van der Waals surface area contributed by atoms with Gasteiger partial charge in [0, 0.05) is 25.7 Å². The molecule has 0 aliphatic heterocycles. The Kier molecular flexibility index (Phi) is 5.30. The summed E-state index contributed by atoms with van der Waals surface area (Å²) in [5, 5.41) is 10.7. The van der Waals surface area contributed by atoms with Crippen molar-refractivity contribution in [3.8, 4) is 0 Å². The fraction of sp³-hybridized carbons (Fsp3) is 0.462. The van der Waals surface area contributed by atoms with E-state index < -0.39 is 4.92 Å². The predicted molar refractivity (Wildman–Crippen MR) is 74.5 cm³/mol. The zero-order valence-electron chi connectivity index (χ0n) is 11.2. The topological polar surface area (TPSA) is 63.5 Å². The molecule has 0 spiro atoms. The minimum Gasteiger partial charge on any atom is -0.341 e. The van der Waals surface area contributed by atoms with Gasteiger partial charge in [-0.05, 0) is 12.0 Å². The summed E-state index contributed by atoms with van der Waals surface area (Å²) in [6.45, 7) is 4.74. The first-order valence-electron chi connectivity index (χ1n) is 6.06. The van der Waals surface area contributed by atoms with Gasteiger partial charge in [-0.1, -0.05) is 31.9 Å². The summed E-state index contributed by atoms with van der Waals surface area (Å²) in [6.07, 6.45) is 0.978. The lowest BCUT2D eigenvalue weighted by Gasteiger charge is -2.21. The SMILES string of the molecule is CCC(C)CN(C)C(=O)c1ccc([N+](=O)[O-])cc1Cl. The first-order chi connectivity index (χ1) is 8.86. The van der Waals surface area contributed by atoms with Gasteiger partial charge in [-0.2, -0.15) is 0 Å². The number of non-ortho nitro benzene ring substituents is 1. The monoisotopic (exact) mass is 284 g/mol. The van der Waals surface area contributed by atoms with Crippen molar-refractivity contribution in [1.82, 2.24) is 4.90 Å². The Morgan fingerprint density at radius 3 is 2.63 bits per heavy atom. The van der Waals surface area contributed by atoms with Gasteiger partial charge in [0.05, 0.1) is 15.5 Å². The summed E-state index contributed by atoms with van der Waals surface area (Å²) in [5.41, 5.74) is 0.171. The number of benzene rings is 1. The molecule has 6 heteroatoms. The number of nitro benzene ring substituents is 1. The van der Waals surface area contributed by atoms with Crippen molar-refractivity contribution in [3.63, 3.8) is 0 Å². The highest BCUT2D eigenvalue weighted by atomic mass is 35.5. The van der Waals surface area contributed by atoms with E-state index in [0.29, 0.717) is 12.5 Å². The maximum absolute atomic E-state index is 12.2. The third-order valence-electron chi connectivity index (χ3n) is 3.02. The van der Waals surface area contributed by atoms with Crippen molar-refractivity contribution < 1.29 is 9.72 Å². The van der Waals surface area contributed by atoms with Gasteiger partial charge in [-0.3, -0.25) is 14.9 Å². The van der Waals surface area contributed by atoms with Gasteiger partial charge in [0.15, 0.2) is 0 Å². The van der Waals surface area contributed by atoms with Crippen LogP contribution in [-0.2, 0) is 0 Å². The molecular formula is C13H17ClN2O3. The standard InChI is InChI=1S/C13H17ClN2O3/c1-4-9(2)8-15(3)13(17)11-6-5-10(16(18)19)7-12(11)14/h5-7,9H,4,8H2,1-3H3. The van der Waals surface area contributed by atoms with Crippen LogP contribution in [-0.4, -0.2) is 29.3 Å². The number of nitrogens with zero attached hydrogens (tertiary/aromatic N) is 2. The highest BCUT2D eigenvalue weighted by Crippen LogP contribution is 2.23. The normalized spacial score (nSPS) is 12.0. The summed E-state index contributed by atoms with van der Waals surface area (Å²) in [4.78, 5) is 23.8. The fourth-order valence-corrected chi connectivity index (χ4v) is 1.93. The maximum atomic E-state index is 12.2. The number of rotatable bonds is 5. The van der Waals surface area contributed by atoms with Gasteiger partial charge in [0.1, 0.15) is 0 Å². The molecule has 1 aromatic carbocycles. The van der Waals surface area contributed by atoms with E-state index in [1.165, 1.54) is 18.2 Å². The molecule has 1 aromatic rings. The highest BCUT2D eigenvalue weighted by molar-refractivity contribution is 6.34. The molecule has 1 amide bonds. The molecule has 0 aromatic heterocycles. The number of hydrogen-bond donors (Lipinski definition) is 0. The van der Waals surface area contributed by atoms with Crippen LogP contribution in [0.1, 0.15) is 30.6 Å². The van der Waals surface area contributed by atoms with E-state index >= 15 is 0 Å². The molecule has 19 heavy (non-hydrogen) atoms. The average molecular weight is 285 g/mol. The molecule has 0 saturated carbocycles. The average Bonchev–Trinajstić information content (AvgIpc) is 2.37. The molecule has 0 bridgehead atoms. The Bertz CT molecular complexity index is 491. The molecule has 0 saturated heterocycles. The Balaban J connectivity index is 2.91. The van der Waals surface area contributed by atoms with Crippen LogP contribution in [0.2, 0.25) is 5.02 Å². The first-order valence-corrected chi connectivity index (χ1v) is 6.44. The molecule has 0 radical (unpaired) electrons. The zero-order valence-corrected chi connectivity index (χ0v) is 12.0. The van der Waals surface area contributed by atoms with Crippen LogP contribution in [0.5, 0.6) is 0 Å². The number of carbonyl (C=O) groups excluding carboxylic acids is 1. The zero-order chi connectivity index (χ0) is 14.6. The van der Waals surface area contributed by atoms with Crippen LogP contribution in [0.15, 0.2) is 18.2 Å². The van der Waals surface area contributed by atoms with E-state index in [1.807, 2.05) is 0 Å². The highest BCUT2D eigenvalue weighted by Gasteiger charge is 2.18. The van der Waals surface area contributed by atoms with Gasteiger partial charge in [-0.15, -0.1) is 0 Å². The third kappa shape index (κ3) is 3.92. The molecule has 104 valence electrons. The second-order valence-corrected chi connectivity index (χ2v) is 5.03. The summed E-state index contributed by atoms with van der Waals surface area (Å²) in [7, 11) is 1.70.